The van der Waals surface area contributed by atoms with Crippen molar-refractivity contribution in [1.29, 1.82) is 0 Å². The molecule has 0 aromatic heterocycles. The number of rotatable bonds is 4. The Bertz CT molecular complexity index is 862. The number of ether oxygens (including phenoxy) is 2. The van der Waals surface area contributed by atoms with Crippen LogP contribution in [0.4, 0.5) is 0 Å². The quantitative estimate of drug-likeness (QED) is 0.785. The smallest absolute Gasteiger partial charge is 0.232 e. The molecule has 0 saturated carbocycles. The molecule has 2 aliphatic heterocycles. The topological polar surface area (TPSA) is 42.0 Å². The highest BCUT2D eigenvalue weighted by Gasteiger charge is 2.35. The number of carbonyl (C=O) groups excluding carboxylic acids is 1. The van der Waals surface area contributed by atoms with Gasteiger partial charge in [-0.05, 0) is 37.1 Å². The molecule has 0 bridgehead atoms. The molecular formula is C22H25ClN2O3. The number of fused-ring (bicyclic) bond motifs is 1. The minimum Gasteiger partial charge on any atom is -0.454 e. The summed E-state index contributed by atoms with van der Waals surface area (Å²) in [5.41, 5.74) is 1.63. The molecule has 4 rings (SSSR count). The predicted octanol–water partition coefficient (Wildman–Crippen LogP) is 3.69. The lowest BCUT2D eigenvalue weighted by atomic mass is 9.83. The number of piperazine rings is 1. The number of benzene rings is 2. The van der Waals surface area contributed by atoms with Gasteiger partial charge >= 0.3 is 0 Å². The van der Waals surface area contributed by atoms with Crippen molar-refractivity contribution in [2.24, 2.45) is 0 Å². The van der Waals surface area contributed by atoms with Crippen molar-refractivity contribution in [3.05, 3.63) is 58.6 Å². The number of carbonyl (C=O) groups is 1. The number of hydrogen-bond acceptors (Lipinski definition) is 4. The van der Waals surface area contributed by atoms with E-state index in [1.165, 1.54) is 0 Å². The molecule has 0 radical (unpaired) electrons. The molecule has 0 unspecified atom stereocenters. The van der Waals surface area contributed by atoms with E-state index in [4.69, 9.17) is 21.1 Å². The molecule has 0 atom stereocenters. The molecule has 5 nitrogen and oxygen atoms in total. The van der Waals surface area contributed by atoms with Gasteiger partial charge < -0.3 is 14.4 Å². The Morgan fingerprint density at radius 2 is 1.79 bits per heavy atom. The molecule has 148 valence electrons. The zero-order valence-corrected chi connectivity index (χ0v) is 17.0. The molecule has 1 saturated heterocycles. The average Bonchev–Trinajstić information content (AvgIpc) is 3.18. The van der Waals surface area contributed by atoms with Crippen LogP contribution in [0.15, 0.2) is 42.5 Å². The van der Waals surface area contributed by atoms with E-state index < -0.39 is 5.41 Å². The van der Waals surface area contributed by atoms with Gasteiger partial charge in [0.25, 0.3) is 0 Å². The second-order valence-electron chi connectivity index (χ2n) is 7.87. The lowest BCUT2D eigenvalue weighted by Crippen LogP contribution is -2.52. The van der Waals surface area contributed by atoms with E-state index in [1.807, 2.05) is 61.2 Å². The molecule has 2 heterocycles. The Morgan fingerprint density at radius 1 is 1.07 bits per heavy atom. The Hall–Kier alpha value is -2.24. The van der Waals surface area contributed by atoms with Gasteiger partial charge in [-0.25, -0.2) is 0 Å². The van der Waals surface area contributed by atoms with Crippen molar-refractivity contribution in [3.8, 4) is 11.5 Å². The number of nitrogens with zero attached hydrogens (tertiary/aromatic N) is 2. The second kappa shape index (κ2) is 7.64. The van der Waals surface area contributed by atoms with Gasteiger partial charge in [-0.15, -0.1) is 0 Å². The van der Waals surface area contributed by atoms with Crippen LogP contribution in [-0.2, 0) is 16.8 Å². The van der Waals surface area contributed by atoms with Crippen molar-refractivity contribution < 1.29 is 14.3 Å². The van der Waals surface area contributed by atoms with Crippen molar-refractivity contribution in [1.82, 2.24) is 9.80 Å². The van der Waals surface area contributed by atoms with Gasteiger partial charge in [-0.3, -0.25) is 9.69 Å². The van der Waals surface area contributed by atoms with E-state index in [0.717, 1.165) is 43.9 Å². The maximum atomic E-state index is 13.1. The minimum absolute atomic E-state index is 0.185. The largest absolute Gasteiger partial charge is 0.454 e. The van der Waals surface area contributed by atoms with Crippen LogP contribution in [0.5, 0.6) is 11.5 Å². The van der Waals surface area contributed by atoms with Crippen LogP contribution in [0.1, 0.15) is 25.0 Å². The third-order valence-corrected chi connectivity index (χ3v) is 5.86. The normalized spacial score (nSPS) is 17.0. The third kappa shape index (κ3) is 3.69. The first-order chi connectivity index (χ1) is 13.4. The maximum absolute atomic E-state index is 13.1. The lowest BCUT2D eigenvalue weighted by Gasteiger charge is -2.38. The van der Waals surface area contributed by atoms with Gasteiger partial charge in [0.05, 0.1) is 10.4 Å². The van der Waals surface area contributed by atoms with Crippen molar-refractivity contribution in [2.75, 3.05) is 33.0 Å². The fourth-order valence-corrected chi connectivity index (χ4v) is 4.14. The first-order valence-corrected chi connectivity index (χ1v) is 9.98. The number of amides is 1. The molecular weight excluding hydrogens is 376 g/mol. The monoisotopic (exact) mass is 400 g/mol. The number of halogens is 1. The van der Waals surface area contributed by atoms with E-state index in [-0.39, 0.29) is 12.7 Å². The fraction of sp³-hybridized carbons (Fsp3) is 0.409. The zero-order chi connectivity index (χ0) is 19.7. The van der Waals surface area contributed by atoms with Gasteiger partial charge in [0.2, 0.25) is 12.7 Å². The molecule has 2 aromatic rings. The van der Waals surface area contributed by atoms with Crippen LogP contribution in [0.25, 0.3) is 0 Å². The summed E-state index contributed by atoms with van der Waals surface area (Å²) in [5, 5.41) is 0.587. The Balaban J connectivity index is 1.37. The fourth-order valence-electron chi connectivity index (χ4n) is 3.85. The van der Waals surface area contributed by atoms with Crippen molar-refractivity contribution in [3.63, 3.8) is 0 Å². The van der Waals surface area contributed by atoms with E-state index in [9.17, 15) is 4.79 Å². The molecule has 6 heteroatoms. The SMILES string of the molecule is CC(C)(C(=O)N1CCN(Cc2cc(Cl)c3c(c2)OCO3)CC1)c1ccccc1. The second-order valence-corrected chi connectivity index (χ2v) is 8.28. The van der Waals surface area contributed by atoms with Gasteiger partial charge in [-0.1, -0.05) is 41.9 Å². The summed E-state index contributed by atoms with van der Waals surface area (Å²) in [5.74, 6) is 1.52. The lowest BCUT2D eigenvalue weighted by molar-refractivity contribution is -0.138. The minimum atomic E-state index is -0.520. The van der Waals surface area contributed by atoms with Crippen LogP contribution in [0, 0.1) is 0 Å². The summed E-state index contributed by atoms with van der Waals surface area (Å²) in [6.07, 6.45) is 0. The molecule has 2 aliphatic rings. The first kappa shape index (κ1) is 19.1. The molecule has 28 heavy (non-hydrogen) atoms. The predicted molar refractivity (Wildman–Crippen MR) is 109 cm³/mol. The van der Waals surface area contributed by atoms with Crippen LogP contribution < -0.4 is 9.47 Å². The molecule has 1 amide bonds. The highest BCUT2D eigenvalue weighted by molar-refractivity contribution is 6.32. The summed E-state index contributed by atoms with van der Waals surface area (Å²) >= 11 is 6.29. The highest BCUT2D eigenvalue weighted by Crippen LogP contribution is 2.40. The van der Waals surface area contributed by atoms with E-state index in [1.54, 1.807) is 0 Å². The van der Waals surface area contributed by atoms with Crippen molar-refractivity contribution >= 4 is 17.5 Å². The highest BCUT2D eigenvalue weighted by atomic mass is 35.5. The Morgan fingerprint density at radius 3 is 2.50 bits per heavy atom. The van der Waals surface area contributed by atoms with Gasteiger partial charge in [0.1, 0.15) is 0 Å². The summed E-state index contributed by atoms with van der Waals surface area (Å²) in [6, 6.07) is 13.9. The Labute approximate surface area is 170 Å². The van der Waals surface area contributed by atoms with Gasteiger partial charge in [0.15, 0.2) is 11.5 Å². The molecule has 1 fully saturated rings. The third-order valence-electron chi connectivity index (χ3n) is 5.58. The maximum Gasteiger partial charge on any atom is 0.232 e. The first-order valence-electron chi connectivity index (χ1n) is 9.60. The van der Waals surface area contributed by atoms with Crippen molar-refractivity contribution in [2.45, 2.75) is 25.8 Å². The van der Waals surface area contributed by atoms with Gasteiger partial charge in [-0.2, -0.15) is 0 Å². The van der Waals surface area contributed by atoms with Crippen LogP contribution in [-0.4, -0.2) is 48.7 Å². The summed E-state index contributed by atoms with van der Waals surface area (Å²) in [6.45, 7) is 8.14. The molecule has 2 aromatic carbocycles. The summed E-state index contributed by atoms with van der Waals surface area (Å²) in [4.78, 5) is 17.4. The number of hydrogen-bond donors (Lipinski definition) is 0. The molecule has 0 spiro atoms. The van der Waals surface area contributed by atoms with E-state index in [0.29, 0.717) is 16.5 Å². The van der Waals surface area contributed by atoms with Gasteiger partial charge in [0, 0.05) is 32.7 Å². The Kier molecular flexibility index (Phi) is 5.21. The average molecular weight is 401 g/mol. The van der Waals surface area contributed by atoms with Crippen LogP contribution in [0.2, 0.25) is 5.02 Å². The summed E-state index contributed by atoms with van der Waals surface area (Å²) < 4.78 is 10.8. The summed E-state index contributed by atoms with van der Waals surface area (Å²) in [7, 11) is 0. The van der Waals surface area contributed by atoms with Crippen LogP contribution >= 0.6 is 11.6 Å². The molecule has 0 N–H and O–H groups in total. The standard InChI is InChI=1S/C22H25ClN2O3/c1-22(2,17-6-4-3-5-7-17)21(26)25-10-8-24(9-11-25)14-16-12-18(23)20-19(13-16)27-15-28-20/h3-7,12-13H,8-11,14-15H2,1-2H3. The zero-order valence-electron chi connectivity index (χ0n) is 16.3. The van der Waals surface area contributed by atoms with Crippen LogP contribution in [0.3, 0.4) is 0 Å². The molecule has 0 aliphatic carbocycles. The van der Waals surface area contributed by atoms with E-state index in [2.05, 4.69) is 4.90 Å². The van der Waals surface area contributed by atoms with E-state index >= 15 is 0 Å².